The maximum atomic E-state index is 12.5. The van der Waals surface area contributed by atoms with Crippen LogP contribution >= 0.6 is 36.4 Å². The number of pyridine rings is 2. The molecule has 2 fully saturated rings. The number of halogens is 3. The second-order valence-electron chi connectivity index (χ2n) is 12.4. The number of hydrogen-bond acceptors (Lipinski definition) is 10. The van der Waals surface area contributed by atoms with Crippen molar-refractivity contribution in [2.45, 2.75) is 54.6 Å². The van der Waals surface area contributed by atoms with E-state index in [4.69, 9.17) is 21.1 Å². The summed E-state index contributed by atoms with van der Waals surface area (Å²) < 4.78 is 61.0. The third kappa shape index (κ3) is 11.3. The molecule has 2 aliphatic rings. The minimum Gasteiger partial charge on any atom is -0.490 e. The molecule has 52 heavy (non-hydrogen) atoms. The van der Waals surface area contributed by atoms with Crippen molar-refractivity contribution in [3.8, 4) is 22.9 Å². The van der Waals surface area contributed by atoms with Crippen molar-refractivity contribution in [3.63, 3.8) is 0 Å². The lowest BCUT2D eigenvalue weighted by atomic mass is 10.1. The topological polar surface area (TPSA) is 155 Å². The lowest BCUT2D eigenvalue weighted by Gasteiger charge is -2.24. The molecule has 6 rings (SSSR count). The monoisotopic (exact) mass is 816 g/mol. The lowest BCUT2D eigenvalue weighted by Crippen LogP contribution is -2.34. The van der Waals surface area contributed by atoms with Crippen LogP contribution in [0.1, 0.15) is 31.4 Å². The van der Waals surface area contributed by atoms with E-state index in [0.29, 0.717) is 22.9 Å². The Hall–Kier alpha value is -3.37. The Labute approximate surface area is 321 Å². The highest BCUT2D eigenvalue weighted by atomic mass is 35.5. The van der Waals surface area contributed by atoms with Gasteiger partial charge in [0.15, 0.2) is 19.7 Å². The number of nitrogens with one attached hydrogen (secondary N) is 2. The van der Waals surface area contributed by atoms with Crippen LogP contribution in [0.5, 0.6) is 11.5 Å². The number of nitrogens with zero attached hydrogens (tertiary/aromatic N) is 2. The van der Waals surface area contributed by atoms with Crippen LogP contribution in [0.4, 0.5) is 0 Å². The highest BCUT2D eigenvalue weighted by molar-refractivity contribution is 7.91. The Bertz CT molecular complexity index is 2170. The molecular formula is C35H43Cl3N4O8S2. The van der Waals surface area contributed by atoms with Crippen molar-refractivity contribution in [1.29, 1.82) is 0 Å². The van der Waals surface area contributed by atoms with Crippen molar-refractivity contribution in [2.75, 3.05) is 38.7 Å². The van der Waals surface area contributed by atoms with Gasteiger partial charge < -0.3 is 20.1 Å². The van der Waals surface area contributed by atoms with Gasteiger partial charge in [0.05, 0.1) is 20.5 Å². The summed E-state index contributed by atoms with van der Waals surface area (Å²) in [5.74, 6) is 1.11. The molecule has 2 aromatic carbocycles. The van der Waals surface area contributed by atoms with Crippen molar-refractivity contribution < 1.29 is 26.3 Å². The molecule has 17 heteroatoms. The average molecular weight is 818 g/mol. The first-order valence-corrected chi connectivity index (χ1v) is 20.4. The number of rotatable bonds is 8. The summed E-state index contributed by atoms with van der Waals surface area (Å²) in [5, 5.41) is 6.73. The molecule has 2 aromatic heterocycles. The zero-order valence-electron chi connectivity index (χ0n) is 28.9. The summed E-state index contributed by atoms with van der Waals surface area (Å²) >= 11 is 6.17. The highest BCUT2D eigenvalue weighted by Gasteiger charge is 2.18. The van der Waals surface area contributed by atoms with E-state index >= 15 is 0 Å². The third-order valence-electron chi connectivity index (χ3n) is 8.39. The first kappa shape index (κ1) is 43.0. The largest absolute Gasteiger partial charge is 0.490 e. The van der Waals surface area contributed by atoms with E-state index in [-0.39, 0.29) is 63.0 Å². The number of aryl methyl sites for hydroxylation is 1. The number of ether oxygens (including phenoxy) is 2. The van der Waals surface area contributed by atoms with Crippen LogP contribution < -0.4 is 31.2 Å². The van der Waals surface area contributed by atoms with E-state index in [2.05, 4.69) is 10.6 Å². The fraction of sp³-hybridized carbons (Fsp3) is 0.371. The first-order valence-electron chi connectivity index (χ1n) is 16.2. The molecule has 0 spiro atoms. The van der Waals surface area contributed by atoms with E-state index in [0.717, 1.165) is 70.1 Å². The SMILES string of the molecule is CS(=O)(=O)c1ccc(-n2ccc(OC3CCNCC3)cc2=O)c(Cl)c1.Cc1cc(OC2CCNCC2)cc(=O)n1-c1ccc(S(C)(=O)=O)cc1.Cl.Cl. The normalized spacial score (nSPS) is 15.3. The number of piperidine rings is 2. The van der Waals surface area contributed by atoms with Crippen molar-refractivity contribution >= 4 is 56.1 Å². The summed E-state index contributed by atoms with van der Waals surface area (Å²) in [5.41, 5.74) is 1.30. The fourth-order valence-electron chi connectivity index (χ4n) is 5.77. The molecule has 0 radical (unpaired) electrons. The van der Waals surface area contributed by atoms with Gasteiger partial charge in [-0.25, -0.2) is 16.8 Å². The van der Waals surface area contributed by atoms with Crippen LogP contribution in [0.2, 0.25) is 5.02 Å². The number of aromatic nitrogens is 2. The second-order valence-corrected chi connectivity index (χ2v) is 16.8. The molecule has 0 amide bonds. The van der Waals surface area contributed by atoms with Gasteiger partial charge in [-0.2, -0.15) is 0 Å². The molecule has 12 nitrogen and oxygen atoms in total. The maximum Gasteiger partial charge on any atom is 0.258 e. The van der Waals surface area contributed by atoms with Crippen molar-refractivity contribution in [2.24, 2.45) is 0 Å². The van der Waals surface area contributed by atoms with E-state index in [1.54, 1.807) is 29.0 Å². The summed E-state index contributed by atoms with van der Waals surface area (Å²) in [6, 6.07) is 17.1. The molecule has 284 valence electrons. The van der Waals surface area contributed by atoms with Gasteiger partial charge in [0, 0.05) is 48.3 Å². The zero-order chi connectivity index (χ0) is 36.1. The van der Waals surface area contributed by atoms with Gasteiger partial charge in [0.1, 0.15) is 23.7 Å². The molecule has 0 bridgehead atoms. The third-order valence-corrected chi connectivity index (χ3v) is 10.9. The quantitative estimate of drug-likeness (QED) is 0.259. The highest BCUT2D eigenvalue weighted by Crippen LogP contribution is 2.24. The van der Waals surface area contributed by atoms with Crippen LogP contribution in [-0.2, 0) is 19.7 Å². The molecule has 0 unspecified atom stereocenters. The van der Waals surface area contributed by atoms with Crippen LogP contribution in [0.25, 0.3) is 11.4 Å². The second kappa shape index (κ2) is 18.6. The fourth-order valence-corrected chi connectivity index (χ4v) is 7.39. The number of benzene rings is 2. The maximum absolute atomic E-state index is 12.5. The van der Waals surface area contributed by atoms with Crippen molar-refractivity contribution in [3.05, 3.63) is 104 Å². The Balaban J connectivity index is 0.000000270. The Morgan fingerprint density at radius 1 is 0.673 bits per heavy atom. The van der Waals surface area contributed by atoms with Gasteiger partial charge >= 0.3 is 0 Å². The van der Waals surface area contributed by atoms with E-state index in [1.807, 2.05) is 13.0 Å². The summed E-state index contributed by atoms with van der Waals surface area (Å²) in [7, 11) is -6.61. The van der Waals surface area contributed by atoms with Gasteiger partial charge in [-0.3, -0.25) is 18.7 Å². The molecule has 0 saturated carbocycles. The van der Waals surface area contributed by atoms with Gasteiger partial charge in [-0.1, -0.05) is 11.6 Å². The Morgan fingerprint density at radius 3 is 1.65 bits per heavy atom. The molecule has 2 N–H and O–H groups in total. The molecule has 0 aliphatic carbocycles. The predicted molar refractivity (Wildman–Crippen MR) is 208 cm³/mol. The van der Waals surface area contributed by atoms with Crippen LogP contribution in [0.3, 0.4) is 0 Å². The van der Waals surface area contributed by atoms with Crippen LogP contribution in [0, 0.1) is 6.92 Å². The molecular weight excluding hydrogens is 775 g/mol. The first-order chi connectivity index (χ1) is 23.7. The zero-order valence-corrected chi connectivity index (χ0v) is 32.9. The van der Waals surface area contributed by atoms with E-state index in [9.17, 15) is 26.4 Å². The summed E-state index contributed by atoms with van der Waals surface area (Å²) in [6.07, 6.45) is 7.75. The predicted octanol–water partition coefficient (Wildman–Crippen LogP) is 4.55. The molecule has 2 aliphatic heterocycles. The van der Waals surface area contributed by atoms with Crippen LogP contribution in [-0.4, -0.2) is 76.9 Å². The van der Waals surface area contributed by atoms with Gasteiger partial charge in [0.2, 0.25) is 0 Å². The number of hydrogen-bond donors (Lipinski definition) is 2. The molecule has 4 aromatic rings. The van der Waals surface area contributed by atoms with Gasteiger partial charge in [-0.05, 0) is 107 Å². The number of sulfone groups is 2. The standard InChI is InChI=1S/C18H22N2O4S.C17H19ClN2O4S.2ClH/c1-13-11-16(24-15-7-9-19-10-8-15)12-18(21)20(13)14-3-5-17(6-4-14)25(2,22)23;1-25(22,23)14-2-3-16(15(18)11-14)20-9-6-13(10-17(20)21)24-12-4-7-19-8-5-12;;/h3-6,11-12,15,19H,7-10H2,1-2H3;2-3,6,9-12,19H,4-5,7-8H2,1H3;2*1H. The minimum absolute atomic E-state index is 0. The van der Waals surface area contributed by atoms with E-state index in [1.165, 1.54) is 47.0 Å². The summed E-state index contributed by atoms with van der Waals surface area (Å²) in [6.45, 7) is 5.50. The summed E-state index contributed by atoms with van der Waals surface area (Å²) in [4.78, 5) is 25.3. The Kier molecular flexibility index (Phi) is 15.4. The van der Waals surface area contributed by atoms with Crippen molar-refractivity contribution in [1.82, 2.24) is 19.8 Å². The smallest absolute Gasteiger partial charge is 0.258 e. The van der Waals surface area contributed by atoms with E-state index < -0.39 is 19.7 Å². The van der Waals surface area contributed by atoms with Gasteiger partial charge in [-0.15, -0.1) is 24.8 Å². The molecule has 2 saturated heterocycles. The molecule has 4 heterocycles. The van der Waals surface area contributed by atoms with Gasteiger partial charge in [0.25, 0.3) is 11.1 Å². The lowest BCUT2D eigenvalue weighted by molar-refractivity contribution is 0.162. The minimum atomic E-state index is -3.35. The molecule has 0 atom stereocenters. The average Bonchev–Trinajstić information content (AvgIpc) is 3.05. The Morgan fingerprint density at radius 2 is 1.17 bits per heavy atom. The van der Waals surface area contributed by atoms with Crippen LogP contribution in [0.15, 0.2) is 92.3 Å².